The van der Waals surface area contributed by atoms with E-state index in [0.29, 0.717) is 27.8 Å². The number of aromatic amines is 1. The van der Waals surface area contributed by atoms with Crippen molar-refractivity contribution in [1.29, 1.82) is 0 Å². The summed E-state index contributed by atoms with van der Waals surface area (Å²) in [5.74, 6) is 0.193. The van der Waals surface area contributed by atoms with Gasteiger partial charge in [0.2, 0.25) is 0 Å². The highest BCUT2D eigenvalue weighted by Gasteiger charge is 2.13. The zero-order valence-electron chi connectivity index (χ0n) is 10.7. The molecule has 4 nitrogen and oxygen atoms in total. The first-order chi connectivity index (χ1) is 9.70. The maximum Gasteiger partial charge on any atom is 0.272 e. The molecule has 0 aliphatic rings. The van der Waals surface area contributed by atoms with Gasteiger partial charge in [-0.1, -0.05) is 12.1 Å². The van der Waals surface area contributed by atoms with Gasteiger partial charge in [0.05, 0.1) is 12.5 Å². The number of rotatable bonds is 2. The zero-order valence-corrected chi connectivity index (χ0v) is 10.7. The first kappa shape index (κ1) is 12.3. The van der Waals surface area contributed by atoms with Gasteiger partial charge in [-0.3, -0.25) is 4.79 Å². The number of H-pyrrole nitrogens is 1. The van der Waals surface area contributed by atoms with Gasteiger partial charge in [0.1, 0.15) is 17.3 Å². The minimum absolute atomic E-state index is 0.348. The Bertz CT molecular complexity index is 843. The fraction of sp³-hybridized carbons (Fsp3) is 0.0667. The van der Waals surface area contributed by atoms with E-state index in [1.807, 2.05) is 18.2 Å². The molecule has 3 rings (SSSR count). The first-order valence-electron chi connectivity index (χ1n) is 6.02. The van der Waals surface area contributed by atoms with Crippen molar-refractivity contribution in [3.05, 3.63) is 58.6 Å². The maximum absolute atomic E-state index is 13.5. The molecule has 20 heavy (non-hydrogen) atoms. The average molecular weight is 270 g/mol. The third-order valence-corrected chi connectivity index (χ3v) is 3.11. The quantitative estimate of drug-likeness (QED) is 0.779. The summed E-state index contributed by atoms with van der Waals surface area (Å²) < 4.78 is 18.8. The lowest BCUT2D eigenvalue weighted by atomic mass is 10.0. The van der Waals surface area contributed by atoms with Gasteiger partial charge in [-0.25, -0.2) is 9.49 Å². The summed E-state index contributed by atoms with van der Waals surface area (Å²) in [6, 6.07) is 11.3. The van der Waals surface area contributed by atoms with Crippen LogP contribution in [0.15, 0.2) is 47.3 Å². The molecule has 1 N–H and O–H groups in total. The van der Waals surface area contributed by atoms with Gasteiger partial charge >= 0.3 is 0 Å². The molecule has 3 aromatic rings. The number of methoxy groups -OCH3 is 1. The van der Waals surface area contributed by atoms with Crippen molar-refractivity contribution >= 4 is 10.8 Å². The van der Waals surface area contributed by atoms with E-state index in [4.69, 9.17) is 4.74 Å². The van der Waals surface area contributed by atoms with E-state index < -0.39 is 5.82 Å². The molecule has 1 aromatic heterocycles. The summed E-state index contributed by atoms with van der Waals surface area (Å²) in [5, 5.41) is 7.32. The Morgan fingerprint density at radius 2 is 1.95 bits per heavy atom. The van der Waals surface area contributed by atoms with E-state index in [1.54, 1.807) is 13.2 Å². The van der Waals surface area contributed by atoms with Crippen LogP contribution in [0, 0.1) is 5.82 Å². The van der Waals surface area contributed by atoms with Crippen LogP contribution in [-0.4, -0.2) is 17.3 Å². The molecular formula is C15H11FN2O2. The lowest BCUT2D eigenvalue weighted by Crippen LogP contribution is -2.09. The van der Waals surface area contributed by atoms with Crippen molar-refractivity contribution in [3.8, 4) is 17.0 Å². The molecule has 0 saturated heterocycles. The molecule has 0 atom stereocenters. The Hall–Kier alpha value is -2.69. The van der Waals surface area contributed by atoms with E-state index in [9.17, 15) is 9.18 Å². The fourth-order valence-corrected chi connectivity index (χ4v) is 2.18. The van der Waals surface area contributed by atoms with Crippen LogP contribution >= 0.6 is 0 Å². The van der Waals surface area contributed by atoms with Gasteiger partial charge in [-0.2, -0.15) is 5.10 Å². The van der Waals surface area contributed by atoms with Crippen molar-refractivity contribution < 1.29 is 9.13 Å². The summed E-state index contributed by atoms with van der Waals surface area (Å²) in [5.41, 5.74) is 0.831. The first-order valence-corrected chi connectivity index (χ1v) is 6.02. The number of ether oxygens (including phenoxy) is 1. The van der Waals surface area contributed by atoms with Crippen molar-refractivity contribution in [2.24, 2.45) is 0 Å². The third-order valence-electron chi connectivity index (χ3n) is 3.11. The van der Waals surface area contributed by atoms with Crippen LogP contribution < -0.4 is 10.3 Å². The fourth-order valence-electron chi connectivity index (χ4n) is 2.18. The highest BCUT2D eigenvalue weighted by molar-refractivity contribution is 5.95. The standard InChI is InChI=1S/C15H11FN2O2/c1-20-13-5-3-2-4-11(13)14-12-8-9(16)6-7-10(12)15(19)18-17-14/h2-8H,1H3,(H,18,19). The number of nitrogens with one attached hydrogen (secondary N) is 1. The number of para-hydroxylation sites is 1. The van der Waals surface area contributed by atoms with Crippen LogP contribution in [0.3, 0.4) is 0 Å². The van der Waals surface area contributed by atoms with E-state index in [1.165, 1.54) is 18.2 Å². The zero-order chi connectivity index (χ0) is 14.1. The SMILES string of the molecule is COc1ccccc1-c1n[nH]c(=O)c2ccc(F)cc12. The molecule has 0 unspecified atom stereocenters. The molecule has 0 saturated carbocycles. The molecule has 0 aliphatic carbocycles. The smallest absolute Gasteiger partial charge is 0.272 e. The van der Waals surface area contributed by atoms with Gasteiger partial charge in [0.25, 0.3) is 5.56 Å². The van der Waals surface area contributed by atoms with Gasteiger partial charge < -0.3 is 4.74 Å². The van der Waals surface area contributed by atoms with Crippen molar-refractivity contribution in [2.75, 3.05) is 7.11 Å². The summed E-state index contributed by atoms with van der Waals surface area (Å²) in [7, 11) is 1.55. The molecule has 0 amide bonds. The van der Waals surface area contributed by atoms with Crippen LogP contribution in [0.2, 0.25) is 0 Å². The minimum atomic E-state index is -0.416. The highest BCUT2D eigenvalue weighted by Crippen LogP contribution is 2.31. The monoisotopic (exact) mass is 270 g/mol. The van der Waals surface area contributed by atoms with E-state index in [2.05, 4.69) is 10.2 Å². The maximum atomic E-state index is 13.5. The second-order valence-corrected chi connectivity index (χ2v) is 4.29. The normalized spacial score (nSPS) is 10.7. The number of benzene rings is 2. The number of hydrogen-bond donors (Lipinski definition) is 1. The molecule has 0 spiro atoms. The predicted octanol–water partition coefficient (Wildman–Crippen LogP) is 2.74. The average Bonchev–Trinajstić information content (AvgIpc) is 2.47. The number of fused-ring (bicyclic) bond motifs is 1. The Morgan fingerprint density at radius 1 is 1.15 bits per heavy atom. The topological polar surface area (TPSA) is 55.0 Å². The van der Waals surface area contributed by atoms with E-state index in [0.717, 1.165) is 0 Å². The van der Waals surface area contributed by atoms with Crippen molar-refractivity contribution in [1.82, 2.24) is 10.2 Å². The van der Waals surface area contributed by atoms with Crippen LogP contribution in [0.1, 0.15) is 0 Å². The second-order valence-electron chi connectivity index (χ2n) is 4.29. The highest BCUT2D eigenvalue weighted by atomic mass is 19.1. The molecule has 5 heteroatoms. The van der Waals surface area contributed by atoms with Gasteiger partial charge in [-0.15, -0.1) is 0 Å². The minimum Gasteiger partial charge on any atom is -0.496 e. The Balaban J connectivity index is 2.40. The summed E-state index contributed by atoms with van der Waals surface area (Å²) in [6.07, 6.45) is 0. The summed E-state index contributed by atoms with van der Waals surface area (Å²) >= 11 is 0. The Morgan fingerprint density at radius 3 is 2.75 bits per heavy atom. The van der Waals surface area contributed by atoms with Crippen LogP contribution in [-0.2, 0) is 0 Å². The predicted molar refractivity (Wildman–Crippen MR) is 74.3 cm³/mol. The lowest BCUT2D eigenvalue weighted by molar-refractivity contribution is 0.416. The van der Waals surface area contributed by atoms with Crippen LogP contribution in [0.25, 0.3) is 22.0 Å². The number of hydrogen-bond acceptors (Lipinski definition) is 3. The molecule has 2 aromatic carbocycles. The summed E-state index contributed by atoms with van der Waals surface area (Å²) in [6.45, 7) is 0. The van der Waals surface area contributed by atoms with Crippen molar-refractivity contribution in [3.63, 3.8) is 0 Å². The second kappa shape index (κ2) is 4.77. The van der Waals surface area contributed by atoms with E-state index in [-0.39, 0.29) is 5.56 Å². The molecule has 0 radical (unpaired) electrons. The molecule has 0 aliphatic heterocycles. The lowest BCUT2D eigenvalue weighted by Gasteiger charge is -2.09. The molecule has 0 fully saturated rings. The van der Waals surface area contributed by atoms with Gasteiger partial charge in [-0.05, 0) is 30.3 Å². The molecule has 0 bridgehead atoms. The van der Waals surface area contributed by atoms with E-state index >= 15 is 0 Å². The number of aromatic nitrogens is 2. The number of nitrogens with zero attached hydrogens (tertiary/aromatic N) is 1. The van der Waals surface area contributed by atoms with Crippen molar-refractivity contribution in [2.45, 2.75) is 0 Å². The van der Waals surface area contributed by atoms with Crippen LogP contribution in [0.5, 0.6) is 5.75 Å². The Kier molecular flexibility index (Phi) is 2.95. The summed E-state index contributed by atoms with van der Waals surface area (Å²) in [4.78, 5) is 11.8. The van der Waals surface area contributed by atoms with Gasteiger partial charge in [0, 0.05) is 10.9 Å². The molecule has 1 heterocycles. The Labute approximate surface area is 113 Å². The van der Waals surface area contributed by atoms with Crippen LogP contribution in [0.4, 0.5) is 4.39 Å². The third kappa shape index (κ3) is 1.93. The molecule has 100 valence electrons. The van der Waals surface area contributed by atoms with Gasteiger partial charge in [0.15, 0.2) is 0 Å². The molecular weight excluding hydrogens is 259 g/mol. The largest absolute Gasteiger partial charge is 0.496 e. The number of halogens is 1.